The van der Waals surface area contributed by atoms with E-state index in [0.717, 1.165) is 56.0 Å². The number of nitrogens with one attached hydrogen (secondary N) is 1. The third-order valence-corrected chi connectivity index (χ3v) is 4.80. The molecule has 0 atom stereocenters. The molecule has 3 heterocycles. The van der Waals surface area contributed by atoms with Crippen molar-refractivity contribution in [3.05, 3.63) is 66.7 Å². The van der Waals surface area contributed by atoms with Crippen molar-refractivity contribution in [3.8, 4) is 5.69 Å². The van der Waals surface area contributed by atoms with Gasteiger partial charge in [-0.2, -0.15) is 5.10 Å². The number of para-hydroxylation sites is 1. The van der Waals surface area contributed by atoms with E-state index < -0.39 is 0 Å². The fraction of sp³-hybridized carbons (Fsp3) is 0.333. The normalized spacial score (nSPS) is 14.9. The van der Waals surface area contributed by atoms with Gasteiger partial charge in [0.15, 0.2) is 5.96 Å². The van der Waals surface area contributed by atoms with Crippen LogP contribution in [-0.2, 0) is 6.54 Å². The predicted octanol–water partition coefficient (Wildman–Crippen LogP) is 1.95. The van der Waals surface area contributed by atoms with Crippen molar-refractivity contribution in [2.24, 2.45) is 4.99 Å². The largest absolute Gasteiger partial charge is 0.357 e. The highest BCUT2D eigenvalue weighted by atomic mass is 15.4. The highest BCUT2D eigenvalue weighted by Gasteiger charge is 2.21. The molecule has 1 N–H and O–H groups in total. The third-order valence-electron chi connectivity index (χ3n) is 4.80. The maximum Gasteiger partial charge on any atom is 0.225 e. The van der Waals surface area contributed by atoms with Gasteiger partial charge in [-0.15, -0.1) is 0 Å². The van der Waals surface area contributed by atoms with E-state index in [9.17, 15) is 0 Å². The van der Waals surface area contributed by atoms with Gasteiger partial charge in [-0.05, 0) is 31.2 Å². The minimum absolute atomic E-state index is 0.546. The van der Waals surface area contributed by atoms with Gasteiger partial charge in [-0.3, -0.25) is 0 Å². The van der Waals surface area contributed by atoms with Gasteiger partial charge in [0.1, 0.15) is 0 Å². The fourth-order valence-corrected chi connectivity index (χ4v) is 3.33. The summed E-state index contributed by atoms with van der Waals surface area (Å²) in [6.07, 6.45) is 5.55. The zero-order valence-electron chi connectivity index (χ0n) is 16.6. The summed E-state index contributed by atoms with van der Waals surface area (Å²) < 4.78 is 1.89. The lowest BCUT2D eigenvalue weighted by atomic mass is 10.3. The Hall–Kier alpha value is -3.42. The van der Waals surface area contributed by atoms with Gasteiger partial charge < -0.3 is 15.1 Å². The molecule has 3 aromatic rings. The SMILES string of the molecule is CCNC(=NCc1ccn(-c2ccccc2)n1)N1CCN(c2ncccn2)CC1. The summed E-state index contributed by atoms with van der Waals surface area (Å²) in [5.74, 6) is 1.72. The molecule has 1 aliphatic rings. The van der Waals surface area contributed by atoms with Crippen molar-refractivity contribution in [3.63, 3.8) is 0 Å². The maximum absolute atomic E-state index is 4.82. The topological polar surface area (TPSA) is 74.5 Å². The Morgan fingerprint density at radius 1 is 1.00 bits per heavy atom. The number of aromatic nitrogens is 4. The fourth-order valence-electron chi connectivity index (χ4n) is 3.33. The molecule has 1 saturated heterocycles. The Labute approximate surface area is 170 Å². The number of guanidine groups is 1. The van der Waals surface area contributed by atoms with E-state index >= 15 is 0 Å². The summed E-state index contributed by atoms with van der Waals surface area (Å²) in [4.78, 5) is 18.0. The van der Waals surface area contributed by atoms with Crippen molar-refractivity contribution in [1.29, 1.82) is 0 Å². The van der Waals surface area contributed by atoms with Gasteiger partial charge >= 0.3 is 0 Å². The molecule has 0 spiro atoms. The molecule has 0 radical (unpaired) electrons. The lowest BCUT2D eigenvalue weighted by Crippen LogP contribution is -2.53. The van der Waals surface area contributed by atoms with Gasteiger partial charge in [0.2, 0.25) is 5.95 Å². The van der Waals surface area contributed by atoms with Crippen LogP contribution in [0.1, 0.15) is 12.6 Å². The maximum atomic E-state index is 4.82. The summed E-state index contributed by atoms with van der Waals surface area (Å²) >= 11 is 0. The van der Waals surface area contributed by atoms with Crippen LogP contribution < -0.4 is 10.2 Å². The Bertz CT molecular complexity index is 914. The quantitative estimate of drug-likeness (QED) is 0.530. The molecule has 2 aromatic heterocycles. The van der Waals surface area contributed by atoms with Gasteiger partial charge in [0.05, 0.1) is 17.9 Å². The summed E-state index contributed by atoms with van der Waals surface area (Å²) in [6, 6.07) is 14.0. The van der Waals surface area contributed by atoms with E-state index in [-0.39, 0.29) is 0 Å². The molecule has 8 nitrogen and oxygen atoms in total. The number of rotatable bonds is 5. The molecule has 0 unspecified atom stereocenters. The molecular formula is C21H26N8. The van der Waals surface area contributed by atoms with Crippen LogP contribution in [-0.4, -0.2) is 63.3 Å². The summed E-state index contributed by atoms with van der Waals surface area (Å²) in [5.41, 5.74) is 1.99. The lowest BCUT2D eigenvalue weighted by molar-refractivity contribution is 0.370. The molecule has 8 heteroatoms. The van der Waals surface area contributed by atoms with E-state index in [1.54, 1.807) is 12.4 Å². The van der Waals surface area contributed by atoms with Crippen LogP contribution in [0.2, 0.25) is 0 Å². The molecule has 0 aliphatic carbocycles. The van der Waals surface area contributed by atoms with Crippen molar-refractivity contribution >= 4 is 11.9 Å². The zero-order chi connectivity index (χ0) is 19.9. The molecule has 4 rings (SSSR count). The third kappa shape index (κ3) is 4.71. The first-order valence-electron chi connectivity index (χ1n) is 9.98. The molecule has 1 fully saturated rings. The first-order valence-corrected chi connectivity index (χ1v) is 9.98. The van der Waals surface area contributed by atoms with E-state index in [0.29, 0.717) is 6.54 Å². The number of anilines is 1. The summed E-state index contributed by atoms with van der Waals surface area (Å²) in [6.45, 7) is 6.97. The van der Waals surface area contributed by atoms with Gasteiger partial charge in [0.25, 0.3) is 0 Å². The van der Waals surface area contributed by atoms with E-state index in [4.69, 9.17) is 4.99 Å². The highest BCUT2D eigenvalue weighted by molar-refractivity contribution is 5.80. The second kappa shape index (κ2) is 9.18. The van der Waals surface area contributed by atoms with Crippen LogP contribution in [0.5, 0.6) is 0 Å². The van der Waals surface area contributed by atoms with E-state index in [1.807, 2.05) is 53.3 Å². The molecule has 0 bridgehead atoms. The number of benzene rings is 1. The zero-order valence-corrected chi connectivity index (χ0v) is 16.6. The molecule has 29 heavy (non-hydrogen) atoms. The molecule has 0 saturated carbocycles. The van der Waals surface area contributed by atoms with Crippen LogP contribution in [0.25, 0.3) is 5.69 Å². The molecular weight excluding hydrogens is 364 g/mol. The standard InChI is InChI=1S/C21H26N8/c1-2-22-20(27-13-15-28(16-14-27)21-23-10-6-11-24-21)25-17-18-9-12-29(26-18)19-7-4-3-5-8-19/h3-12H,2,13-17H2,1H3,(H,22,25). The Balaban J connectivity index is 1.39. The molecule has 1 aromatic carbocycles. The summed E-state index contributed by atoms with van der Waals surface area (Å²) in [5, 5.41) is 8.06. The first-order chi connectivity index (χ1) is 14.3. The number of hydrogen-bond acceptors (Lipinski definition) is 5. The number of hydrogen-bond donors (Lipinski definition) is 1. The van der Waals surface area contributed by atoms with Gasteiger partial charge in [-0.1, -0.05) is 18.2 Å². The molecule has 150 valence electrons. The second-order valence-electron chi connectivity index (χ2n) is 6.78. The van der Waals surface area contributed by atoms with Crippen LogP contribution in [0.15, 0.2) is 66.0 Å². The van der Waals surface area contributed by atoms with Crippen molar-refractivity contribution < 1.29 is 0 Å². The monoisotopic (exact) mass is 390 g/mol. The minimum atomic E-state index is 0.546. The van der Waals surface area contributed by atoms with Gasteiger partial charge in [0, 0.05) is 51.3 Å². The van der Waals surface area contributed by atoms with Crippen molar-refractivity contribution in [2.75, 3.05) is 37.6 Å². The Morgan fingerprint density at radius 2 is 1.76 bits per heavy atom. The van der Waals surface area contributed by atoms with E-state index in [1.165, 1.54) is 0 Å². The number of aliphatic imine (C=N–C) groups is 1. The number of nitrogens with zero attached hydrogens (tertiary/aromatic N) is 7. The first kappa shape index (κ1) is 18.9. The molecule has 0 amide bonds. The van der Waals surface area contributed by atoms with Crippen molar-refractivity contribution in [1.82, 2.24) is 30.0 Å². The van der Waals surface area contributed by atoms with Crippen LogP contribution in [0.4, 0.5) is 5.95 Å². The lowest BCUT2D eigenvalue weighted by Gasteiger charge is -2.36. The molecule has 1 aliphatic heterocycles. The predicted molar refractivity (Wildman–Crippen MR) is 114 cm³/mol. The van der Waals surface area contributed by atoms with Crippen LogP contribution in [0, 0.1) is 0 Å². The second-order valence-corrected chi connectivity index (χ2v) is 6.78. The van der Waals surface area contributed by atoms with Crippen LogP contribution >= 0.6 is 0 Å². The Kier molecular flexibility index (Phi) is 5.99. The summed E-state index contributed by atoms with van der Waals surface area (Å²) in [7, 11) is 0. The average Bonchev–Trinajstić information content (AvgIpc) is 3.27. The van der Waals surface area contributed by atoms with E-state index in [2.05, 4.69) is 37.1 Å². The average molecular weight is 390 g/mol. The highest BCUT2D eigenvalue weighted by Crippen LogP contribution is 2.11. The minimum Gasteiger partial charge on any atom is -0.357 e. The van der Waals surface area contributed by atoms with Gasteiger partial charge in [-0.25, -0.2) is 19.6 Å². The smallest absolute Gasteiger partial charge is 0.225 e. The number of piperazine rings is 1. The van der Waals surface area contributed by atoms with Crippen LogP contribution in [0.3, 0.4) is 0 Å². The van der Waals surface area contributed by atoms with Crippen molar-refractivity contribution in [2.45, 2.75) is 13.5 Å². The Morgan fingerprint density at radius 3 is 2.48 bits per heavy atom.